The molecule has 0 atom stereocenters. The fourth-order valence-electron chi connectivity index (χ4n) is 1.47. The van der Waals surface area contributed by atoms with Crippen LogP contribution in [0, 0.1) is 21.4 Å². The molecule has 0 aliphatic carbocycles. The molecule has 1 aromatic rings. The maximum atomic E-state index is 11.9. The van der Waals surface area contributed by atoms with Gasteiger partial charge >= 0.3 is 5.97 Å². The van der Waals surface area contributed by atoms with Gasteiger partial charge < -0.3 is 9.64 Å². The zero-order chi connectivity index (χ0) is 17.8. The van der Waals surface area contributed by atoms with Gasteiger partial charge in [0.25, 0.3) is 11.6 Å². The van der Waals surface area contributed by atoms with E-state index in [2.05, 4.69) is 0 Å². The van der Waals surface area contributed by atoms with Gasteiger partial charge in [-0.3, -0.25) is 14.9 Å². The number of likely N-dealkylation sites (N-methyl/N-ethyl adjacent to an activating group) is 1. The van der Waals surface area contributed by atoms with E-state index in [1.165, 1.54) is 33.0 Å². The van der Waals surface area contributed by atoms with Crippen molar-refractivity contribution >= 4 is 29.2 Å². The minimum Gasteiger partial charge on any atom is -0.452 e. The maximum absolute atomic E-state index is 11.9. The normalized spacial score (nSPS) is 10.6. The molecule has 0 bridgehead atoms. The Balaban J connectivity index is 2.79. The van der Waals surface area contributed by atoms with Crippen molar-refractivity contribution in [2.24, 2.45) is 0 Å². The first kappa shape index (κ1) is 18.4. The number of ether oxygens (including phenoxy) is 1. The molecule has 0 unspecified atom stereocenters. The lowest BCUT2D eigenvalue weighted by molar-refractivity contribution is -0.384. The smallest absolute Gasteiger partial charge is 0.338 e. The lowest BCUT2D eigenvalue weighted by Gasteiger charge is -2.28. The third-order valence-corrected chi connectivity index (χ3v) is 3.51. The molecule has 1 amide bonds. The molecule has 0 aliphatic rings. The molecule has 8 nitrogen and oxygen atoms in total. The molecule has 0 aliphatic heterocycles. The molecule has 122 valence electrons. The zero-order valence-electron chi connectivity index (χ0n) is 12.7. The monoisotopic (exact) mass is 339 g/mol. The van der Waals surface area contributed by atoms with Crippen LogP contribution in [0.15, 0.2) is 18.2 Å². The van der Waals surface area contributed by atoms with Crippen molar-refractivity contribution < 1.29 is 19.2 Å². The molecule has 1 aromatic carbocycles. The van der Waals surface area contributed by atoms with Gasteiger partial charge in [0.2, 0.25) is 0 Å². The zero-order valence-corrected chi connectivity index (χ0v) is 13.5. The first-order valence-electron chi connectivity index (χ1n) is 6.39. The van der Waals surface area contributed by atoms with Crippen LogP contribution in [0.2, 0.25) is 5.02 Å². The lowest BCUT2D eigenvalue weighted by atomic mass is 10.1. The van der Waals surface area contributed by atoms with Crippen molar-refractivity contribution in [2.45, 2.75) is 19.4 Å². The van der Waals surface area contributed by atoms with Gasteiger partial charge in [0, 0.05) is 13.1 Å². The van der Waals surface area contributed by atoms with Gasteiger partial charge in [0.1, 0.15) is 10.6 Å². The van der Waals surface area contributed by atoms with Crippen LogP contribution in [-0.2, 0) is 9.53 Å². The number of carbonyl (C=O) groups is 2. The molecule has 0 saturated carbocycles. The van der Waals surface area contributed by atoms with Crippen LogP contribution in [0.4, 0.5) is 5.69 Å². The van der Waals surface area contributed by atoms with E-state index in [0.29, 0.717) is 0 Å². The molecule has 0 heterocycles. The number of esters is 1. The number of nitro benzene ring substituents is 1. The number of hydrogen-bond donors (Lipinski definition) is 0. The summed E-state index contributed by atoms with van der Waals surface area (Å²) in [6.45, 7) is 2.49. The van der Waals surface area contributed by atoms with Crippen LogP contribution in [0.5, 0.6) is 0 Å². The van der Waals surface area contributed by atoms with Crippen LogP contribution in [0.25, 0.3) is 0 Å². The van der Waals surface area contributed by atoms with Gasteiger partial charge in [-0.05, 0) is 26.0 Å². The van der Waals surface area contributed by atoms with Crippen LogP contribution in [0.1, 0.15) is 24.2 Å². The fraction of sp³-hybridized carbons (Fsp3) is 0.357. The van der Waals surface area contributed by atoms with E-state index in [9.17, 15) is 19.7 Å². The second-order valence-corrected chi connectivity index (χ2v) is 5.53. The van der Waals surface area contributed by atoms with Crippen LogP contribution in [0.3, 0.4) is 0 Å². The summed E-state index contributed by atoms with van der Waals surface area (Å²) in [5, 5.41) is 19.6. The first-order valence-corrected chi connectivity index (χ1v) is 6.77. The van der Waals surface area contributed by atoms with E-state index in [4.69, 9.17) is 21.6 Å². The Kier molecular flexibility index (Phi) is 5.65. The molecule has 0 saturated heterocycles. The van der Waals surface area contributed by atoms with Crippen molar-refractivity contribution in [3.05, 3.63) is 38.9 Å². The SMILES string of the molecule is CN(C(=O)COC(=O)c1ccc(Cl)c([N+](=O)[O-])c1)C(C)(C)C#N. The highest BCUT2D eigenvalue weighted by atomic mass is 35.5. The summed E-state index contributed by atoms with van der Waals surface area (Å²) in [6, 6.07) is 5.37. The highest BCUT2D eigenvalue weighted by Gasteiger charge is 2.28. The standard InChI is InChI=1S/C14H14ClN3O5/c1-14(2,8-16)17(3)12(19)7-23-13(20)9-4-5-10(15)11(6-9)18(21)22/h4-6H,7H2,1-3H3. The first-order chi connectivity index (χ1) is 10.6. The van der Waals surface area contributed by atoms with Gasteiger partial charge in [0.05, 0.1) is 16.6 Å². The van der Waals surface area contributed by atoms with E-state index in [1.54, 1.807) is 0 Å². The Hall–Kier alpha value is -2.66. The molecule has 0 N–H and O–H groups in total. The number of benzene rings is 1. The number of carbonyl (C=O) groups excluding carboxylic acids is 2. The topological polar surface area (TPSA) is 114 Å². The number of nitro groups is 1. The third kappa shape index (κ3) is 4.40. The number of halogens is 1. The minimum absolute atomic E-state index is 0.101. The van der Waals surface area contributed by atoms with Crippen molar-refractivity contribution in [1.82, 2.24) is 4.90 Å². The molecular weight excluding hydrogens is 326 g/mol. The lowest BCUT2D eigenvalue weighted by Crippen LogP contribution is -2.45. The Labute approximate surface area is 137 Å². The van der Waals surface area contributed by atoms with Crippen molar-refractivity contribution in [3.8, 4) is 6.07 Å². The maximum Gasteiger partial charge on any atom is 0.338 e. The number of amides is 1. The minimum atomic E-state index is -1.05. The van der Waals surface area contributed by atoms with E-state index < -0.39 is 34.6 Å². The quantitative estimate of drug-likeness (QED) is 0.461. The molecular formula is C14H14ClN3O5. The highest BCUT2D eigenvalue weighted by molar-refractivity contribution is 6.32. The van der Waals surface area contributed by atoms with Crippen LogP contribution < -0.4 is 0 Å². The van der Waals surface area contributed by atoms with Crippen molar-refractivity contribution in [2.75, 3.05) is 13.7 Å². The van der Waals surface area contributed by atoms with Crippen molar-refractivity contribution in [1.29, 1.82) is 5.26 Å². The summed E-state index contributed by atoms with van der Waals surface area (Å²) >= 11 is 5.65. The second-order valence-electron chi connectivity index (χ2n) is 5.12. The molecule has 23 heavy (non-hydrogen) atoms. The number of nitrogens with zero attached hydrogens (tertiary/aromatic N) is 3. The average Bonchev–Trinajstić information content (AvgIpc) is 2.51. The number of nitriles is 1. The average molecular weight is 340 g/mol. The van der Waals surface area contributed by atoms with Gasteiger partial charge in [-0.2, -0.15) is 5.26 Å². The molecule has 1 rings (SSSR count). The predicted octanol–water partition coefficient (Wildman–Crippen LogP) is 2.17. The predicted molar refractivity (Wildman–Crippen MR) is 80.9 cm³/mol. The summed E-state index contributed by atoms with van der Waals surface area (Å²) < 4.78 is 4.82. The Bertz CT molecular complexity index is 696. The number of rotatable bonds is 5. The molecule has 0 fully saturated rings. The third-order valence-electron chi connectivity index (χ3n) is 3.19. The van der Waals surface area contributed by atoms with Gasteiger partial charge in [0.15, 0.2) is 6.61 Å². The summed E-state index contributed by atoms with van der Waals surface area (Å²) in [4.78, 5) is 34.9. The Morgan fingerprint density at radius 3 is 2.61 bits per heavy atom. The van der Waals surface area contributed by atoms with Crippen LogP contribution in [-0.4, -0.2) is 40.9 Å². The molecule has 9 heteroatoms. The van der Waals surface area contributed by atoms with Gasteiger partial charge in [-0.15, -0.1) is 0 Å². The fourth-order valence-corrected chi connectivity index (χ4v) is 1.66. The summed E-state index contributed by atoms with van der Waals surface area (Å²) in [5.41, 5.74) is -1.59. The van der Waals surface area contributed by atoms with E-state index in [1.807, 2.05) is 6.07 Å². The largest absolute Gasteiger partial charge is 0.452 e. The van der Waals surface area contributed by atoms with Gasteiger partial charge in [-0.25, -0.2) is 4.79 Å². The Morgan fingerprint density at radius 2 is 2.09 bits per heavy atom. The van der Waals surface area contributed by atoms with E-state index >= 15 is 0 Å². The second kappa shape index (κ2) is 7.07. The van der Waals surface area contributed by atoms with E-state index in [0.717, 1.165) is 11.0 Å². The molecule has 0 aromatic heterocycles. The molecule has 0 radical (unpaired) electrons. The highest BCUT2D eigenvalue weighted by Crippen LogP contribution is 2.25. The number of hydrogen-bond acceptors (Lipinski definition) is 6. The van der Waals surface area contributed by atoms with Gasteiger partial charge in [-0.1, -0.05) is 11.6 Å². The summed E-state index contributed by atoms with van der Waals surface area (Å²) in [6.07, 6.45) is 0. The Morgan fingerprint density at radius 1 is 1.48 bits per heavy atom. The molecule has 0 spiro atoms. The van der Waals surface area contributed by atoms with Crippen LogP contribution >= 0.6 is 11.6 Å². The van der Waals surface area contributed by atoms with E-state index in [-0.39, 0.29) is 10.6 Å². The summed E-state index contributed by atoms with van der Waals surface area (Å²) in [5.74, 6) is -1.48. The summed E-state index contributed by atoms with van der Waals surface area (Å²) in [7, 11) is 1.41. The van der Waals surface area contributed by atoms with Crippen molar-refractivity contribution in [3.63, 3.8) is 0 Å².